The van der Waals surface area contributed by atoms with Gasteiger partial charge in [0, 0.05) is 51.8 Å². The van der Waals surface area contributed by atoms with E-state index in [2.05, 4.69) is 34.4 Å². The smallest absolute Gasteiger partial charge is 0.280 e. The van der Waals surface area contributed by atoms with Gasteiger partial charge in [-0.05, 0) is 56.5 Å². The second-order valence-corrected chi connectivity index (χ2v) is 13.8. The van der Waals surface area contributed by atoms with Gasteiger partial charge in [-0.1, -0.05) is 41.9 Å². The summed E-state index contributed by atoms with van der Waals surface area (Å²) < 4.78 is 6.09. The summed E-state index contributed by atoms with van der Waals surface area (Å²) in [6, 6.07) is 16.6. The van der Waals surface area contributed by atoms with Crippen LogP contribution in [0.25, 0.3) is 10.9 Å². The number of aromatic nitrogens is 2. The number of ether oxygens (including phenoxy) is 1. The van der Waals surface area contributed by atoms with Crippen molar-refractivity contribution in [2.24, 2.45) is 5.41 Å². The number of benzene rings is 2. The molecule has 2 aromatic carbocycles. The molecule has 9 nitrogen and oxygen atoms in total. The number of carbonyl (C=O) groups excluding carboxylic acids is 2. The summed E-state index contributed by atoms with van der Waals surface area (Å²) in [4.78, 5) is 38.4. The fourth-order valence-corrected chi connectivity index (χ4v) is 7.53. The first kappa shape index (κ1) is 30.7. The average molecular weight is 636 g/mol. The van der Waals surface area contributed by atoms with E-state index in [1.807, 2.05) is 36.4 Å². The van der Waals surface area contributed by atoms with Crippen molar-refractivity contribution in [3.8, 4) is 0 Å². The third-order valence-electron chi connectivity index (χ3n) is 8.79. The van der Waals surface area contributed by atoms with Gasteiger partial charge in [-0.15, -0.1) is 11.3 Å². The zero-order chi connectivity index (χ0) is 30.8. The molecule has 2 amide bonds. The summed E-state index contributed by atoms with van der Waals surface area (Å²) in [6.07, 6.45) is 1.71. The van der Waals surface area contributed by atoms with Gasteiger partial charge in [-0.2, -0.15) is 0 Å². The largest absolute Gasteiger partial charge is 0.396 e. The van der Waals surface area contributed by atoms with Crippen molar-refractivity contribution in [2.45, 2.75) is 64.4 Å². The third kappa shape index (κ3) is 6.69. The number of halogens is 1. The predicted molar refractivity (Wildman–Crippen MR) is 172 cm³/mol. The van der Waals surface area contributed by atoms with Crippen molar-refractivity contribution >= 4 is 45.7 Å². The van der Waals surface area contributed by atoms with E-state index in [9.17, 15) is 14.7 Å². The number of aromatic amines is 1. The number of aliphatic hydroxyl groups excluding tert-OH is 1. The molecule has 1 fully saturated rings. The highest BCUT2D eigenvalue weighted by molar-refractivity contribution is 7.13. The lowest BCUT2D eigenvalue weighted by Gasteiger charge is -2.29. The Kier molecular flexibility index (Phi) is 9.07. The summed E-state index contributed by atoms with van der Waals surface area (Å²) >= 11 is 7.59. The van der Waals surface area contributed by atoms with Crippen LogP contribution in [0, 0.1) is 5.41 Å². The van der Waals surface area contributed by atoms with Gasteiger partial charge in [0.15, 0.2) is 5.01 Å². The van der Waals surface area contributed by atoms with Gasteiger partial charge in [-0.3, -0.25) is 14.5 Å². The SMILES string of the molecule is CC(C)N1CCc2nc(C(=O)N[C@@H]3CC(CO)(COCc4ccccc4)CC3NC(=O)c3cc4cc(Cl)ccc4[nH]3)sc2C1. The van der Waals surface area contributed by atoms with Gasteiger partial charge in [0.2, 0.25) is 0 Å². The van der Waals surface area contributed by atoms with Crippen LogP contribution in [0.4, 0.5) is 0 Å². The molecule has 0 bridgehead atoms. The number of rotatable bonds is 10. The van der Waals surface area contributed by atoms with Crippen LogP contribution in [0.3, 0.4) is 0 Å². The fourth-order valence-electron chi connectivity index (χ4n) is 6.31. The molecule has 2 unspecified atom stereocenters. The monoisotopic (exact) mass is 635 g/mol. The van der Waals surface area contributed by atoms with E-state index in [0.29, 0.717) is 47.8 Å². The van der Waals surface area contributed by atoms with Crippen LogP contribution >= 0.6 is 22.9 Å². The number of nitrogens with zero attached hydrogens (tertiary/aromatic N) is 2. The van der Waals surface area contributed by atoms with Gasteiger partial charge in [0.05, 0.1) is 37.6 Å². The fraction of sp³-hybridized carbons (Fsp3) is 0.424. The molecule has 1 aliphatic carbocycles. The van der Waals surface area contributed by atoms with E-state index in [1.54, 1.807) is 18.2 Å². The molecule has 2 aromatic heterocycles. The standard InChI is InChI=1S/C33H38ClN5O4S/c1-20(2)39-11-10-25-29(16-39)44-32(38-25)31(42)37-28-15-33(18-40,19-43-17-21-6-4-3-5-7-21)14-27(28)36-30(41)26-13-22-12-23(34)8-9-24(22)35-26/h3-9,12-13,20,27-28,35,40H,10-11,14-19H2,1-2H3,(H,36,41)(H,37,42)/t27?,28-,33?/m1/s1. The minimum absolute atomic E-state index is 0.137. The lowest BCUT2D eigenvalue weighted by Crippen LogP contribution is -2.48. The Morgan fingerprint density at radius 2 is 1.89 bits per heavy atom. The van der Waals surface area contributed by atoms with Crippen molar-refractivity contribution in [1.82, 2.24) is 25.5 Å². The highest BCUT2D eigenvalue weighted by Gasteiger charge is 2.47. The molecule has 0 saturated heterocycles. The minimum Gasteiger partial charge on any atom is -0.396 e. The number of carbonyl (C=O) groups is 2. The van der Waals surface area contributed by atoms with E-state index in [1.165, 1.54) is 11.3 Å². The van der Waals surface area contributed by atoms with Crippen LogP contribution in [0.1, 0.15) is 63.1 Å². The molecule has 4 aromatic rings. The minimum atomic E-state index is -0.640. The van der Waals surface area contributed by atoms with E-state index < -0.39 is 17.5 Å². The molecule has 6 rings (SSSR count). The van der Waals surface area contributed by atoms with Crippen molar-refractivity contribution in [2.75, 3.05) is 19.8 Å². The van der Waals surface area contributed by atoms with Crippen LogP contribution < -0.4 is 10.6 Å². The summed E-state index contributed by atoms with van der Waals surface area (Å²) in [7, 11) is 0. The number of aliphatic hydroxyl groups is 1. The molecular weight excluding hydrogens is 598 g/mol. The topological polar surface area (TPSA) is 120 Å². The van der Waals surface area contributed by atoms with Crippen LogP contribution in [0.15, 0.2) is 54.6 Å². The quantitative estimate of drug-likeness (QED) is 0.196. The Bertz CT molecular complexity index is 1640. The number of H-pyrrole nitrogens is 1. The van der Waals surface area contributed by atoms with Crippen LogP contribution in [0.5, 0.6) is 0 Å². The highest BCUT2D eigenvalue weighted by Crippen LogP contribution is 2.39. The first-order valence-corrected chi connectivity index (χ1v) is 16.3. The number of fused-ring (bicyclic) bond motifs is 2. The number of nitrogens with one attached hydrogen (secondary N) is 3. The molecule has 1 aliphatic heterocycles. The van der Waals surface area contributed by atoms with Gasteiger partial charge in [0.25, 0.3) is 11.8 Å². The second-order valence-electron chi connectivity index (χ2n) is 12.3. The van der Waals surface area contributed by atoms with Crippen LogP contribution in [0.2, 0.25) is 5.02 Å². The van der Waals surface area contributed by atoms with Crippen molar-refractivity contribution < 1.29 is 19.4 Å². The molecule has 0 radical (unpaired) electrons. The molecule has 11 heteroatoms. The van der Waals surface area contributed by atoms with E-state index in [4.69, 9.17) is 21.3 Å². The molecule has 3 atom stereocenters. The van der Waals surface area contributed by atoms with Gasteiger partial charge < -0.3 is 25.5 Å². The summed E-state index contributed by atoms with van der Waals surface area (Å²) in [5.41, 5.74) is 2.59. The molecular formula is C33H38ClN5O4S. The highest BCUT2D eigenvalue weighted by atomic mass is 35.5. The predicted octanol–water partition coefficient (Wildman–Crippen LogP) is 4.93. The van der Waals surface area contributed by atoms with E-state index >= 15 is 0 Å². The second kappa shape index (κ2) is 13.0. The maximum absolute atomic E-state index is 13.6. The van der Waals surface area contributed by atoms with Crippen molar-refractivity contribution in [1.29, 1.82) is 0 Å². The molecule has 4 N–H and O–H groups in total. The number of thiazole rings is 1. The molecule has 2 aliphatic rings. The Balaban J connectivity index is 1.20. The summed E-state index contributed by atoms with van der Waals surface area (Å²) in [6.45, 7) is 6.63. The van der Waals surface area contributed by atoms with Crippen LogP contribution in [-0.2, 0) is 24.3 Å². The van der Waals surface area contributed by atoms with Gasteiger partial charge >= 0.3 is 0 Å². The molecule has 232 valence electrons. The maximum atomic E-state index is 13.6. The van der Waals surface area contributed by atoms with Crippen LogP contribution in [-0.4, -0.2) is 69.7 Å². The number of hydrogen-bond acceptors (Lipinski definition) is 7. The summed E-state index contributed by atoms with van der Waals surface area (Å²) in [5.74, 6) is -0.553. The molecule has 0 spiro atoms. The maximum Gasteiger partial charge on any atom is 0.280 e. The number of amides is 2. The number of hydrogen-bond donors (Lipinski definition) is 4. The molecule has 1 saturated carbocycles. The van der Waals surface area contributed by atoms with Crippen molar-refractivity contribution in [3.05, 3.63) is 86.5 Å². The normalized spacial score (nSPS) is 21.9. The van der Waals surface area contributed by atoms with Gasteiger partial charge in [-0.25, -0.2) is 4.98 Å². The lowest BCUT2D eigenvalue weighted by molar-refractivity contribution is 0.000383. The third-order valence-corrected chi connectivity index (χ3v) is 10.1. The zero-order valence-electron chi connectivity index (χ0n) is 24.9. The van der Waals surface area contributed by atoms with E-state index in [-0.39, 0.29) is 18.4 Å². The molecule has 44 heavy (non-hydrogen) atoms. The Hall–Kier alpha value is -3.28. The van der Waals surface area contributed by atoms with E-state index in [0.717, 1.165) is 46.5 Å². The molecule has 3 heterocycles. The lowest BCUT2D eigenvalue weighted by atomic mass is 9.87. The van der Waals surface area contributed by atoms with Crippen molar-refractivity contribution in [3.63, 3.8) is 0 Å². The average Bonchev–Trinajstić information content (AvgIpc) is 3.73. The first-order chi connectivity index (χ1) is 21.2. The Morgan fingerprint density at radius 3 is 2.61 bits per heavy atom. The summed E-state index contributed by atoms with van der Waals surface area (Å²) in [5, 5.41) is 18.8. The first-order valence-electron chi connectivity index (χ1n) is 15.1. The Labute approximate surface area is 266 Å². The van der Waals surface area contributed by atoms with Gasteiger partial charge in [0.1, 0.15) is 5.69 Å². The Morgan fingerprint density at radius 1 is 1.14 bits per heavy atom. The zero-order valence-corrected chi connectivity index (χ0v) is 26.5.